The van der Waals surface area contributed by atoms with E-state index in [1.807, 2.05) is 6.92 Å². The molecule has 0 bridgehead atoms. The van der Waals surface area contributed by atoms with Crippen molar-refractivity contribution in [2.75, 3.05) is 19.7 Å². The van der Waals surface area contributed by atoms with Crippen LogP contribution >= 0.6 is 0 Å². The molecule has 34 heavy (non-hydrogen) atoms. The lowest BCUT2D eigenvalue weighted by Crippen LogP contribution is -2.36. The van der Waals surface area contributed by atoms with E-state index in [9.17, 15) is 19.5 Å². The first-order chi connectivity index (χ1) is 16.3. The molecule has 0 atom stereocenters. The summed E-state index contributed by atoms with van der Waals surface area (Å²) in [6, 6.07) is 13.7. The maximum Gasteiger partial charge on any atom is 0.309 e. The number of amides is 2. The summed E-state index contributed by atoms with van der Waals surface area (Å²) < 4.78 is 11.3. The number of rotatable bonds is 10. The molecule has 8 nitrogen and oxygen atoms in total. The number of carboxylic acids is 1. The first kappa shape index (κ1) is 25.1. The molecule has 0 unspecified atom stereocenters. The predicted molar refractivity (Wildman–Crippen MR) is 127 cm³/mol. The van der Waals surface area contributed by atoms with Crippen molar-refractivity contribution in [3.05, 3.63) is 59.7 Å². The van der Waals surface area contributed by atoms with E-state index >= 15 is 0 Å². The van der Waals surface area contributed by atoms with Crippen molar-refractivity contribution in [3.8, 4) is 11.5 Å². The minimum atomic E-state index is -0.753. The highest BCUT2D eigenvalue weighted by Crippen LogP contribution is 2.37. The molecule has 2 aromatic carbocycles. The maximum absolute atomic E-state index is 12.4. The van der Waals surface area contributed by atoms with Crippen LogP contribution < -0.4 is 20.1 Å². The van der Waals surface area contributed by atoms with Crippen molar-refractivity contribution in [1.82, 2.24) is 10.6 Å². The third-order valence-electron chi connectivity index (χ3n) is 6.10. The molecule has 0 aromatic heterocycles. The Hall–Kier alpha value is -3.55. The second-order valence-corrected chi connectivity index (χ2v) is 8.68. The molecule has 1 saturated carbocycles. The van der Waals surface area contributed by atoms with Gasteiger partial charge in [-0.3, -0.25) is 14.4 Å². The van der Waals surface area contributed by atoms with Crippen LogP contribution in [0.5, 0.6) is 11.5 Å². The fraction of sp³-hybridized carbons (Fsp3) is 0.423. The molecule has 0 heterocycles. The van der Waals surface area contributed by atoms with E-state index in [1.54, 1.807) is 55.5 Å². The van der Waals surface area contributed by atoms with Gasteiger partial charge in [0.25, 0.3) is 11.8 Å². The Morgan fingerprint density at radius 1 is 0.882 bits per heavy atom. The van der Waals surface area contributed by atoms with Gasteiger partial charge in [0.15, 0.2) is 0 Å². The fourth-order valence-electron chi connectivity index (χ4n) is 3.86. The highest BCUT2D eigenvalue weighted by molar-refractivity contribution is 5.95. The molecule has 0 spiro atoms. The lowest BCUT2D eigenvalue weighted by molar-refractivity contribution is -0.150. The Morgan fingerprint density at radius 2 is 1.35 bits per heavy atom. The zero-order chi connectivity index (χ0) is 24.6. The van der Waals surface area contributed by atoms with Gasteiger partial charge in [-0.1, -0.05) is 0 Å². The number of carboxylic acid groups (broad SMARTS) is 1. The molecule has 8 heteroatoms. The van der Waals surface area contributed by atoms with Crippen LogP contribution in [0, 0.1) is 5.41 Å². The number of carbonyl (C=O) groups excluding carboxylic acids is 2. The lowest BCUT2D eigenvalue weighted by Gasteiger charge is -2.33. The van der Waals surface area contributed by atoms with Gasteiger partial charge in [0, 0.05) is 24.2 Å². The van der Waals surface area contributed by atoms with Gasteiger partial charge in [-0.25, -0.2) is 0 Å². The van der Waals surface area contributed by atoms with Crippen LogP contribution in [-0.2, 0) is 4.79 Å². The van der Waals surface area contributed by atoms with Gasteiger partial charge >= 0.3 is 5.97 Å². The molecule has 2 amide bonds. The summed E-state index contributed by atoms with van der Waals surface area (Å²) in [5, 5.41) is 14.9. The third kappa shape index (κ3) is 6.73. The van der Waals surface area contributed by atoms with Gasteiger partial charge in [0.05, 0.1) is 18.1 Å². The first-order valence-electron chi connectivity index (χ1n) is 11.6. The number of hydrogen-bond donors (Lipinski definition) is 3. The third-order valence-corrected chi connectivity index (χ3v) is 6.10. The van der Waals surface area contributed by atoms with Gasteiger partial charge in [0.1, 0.15) is 11.5 Å². The Labute approximate surface area is 199 Å². The molecule has 0 aliphatic heterocycles. The summed E-state index contributed by atoms with van der Waals surface area (Å²) in [7, 11) is 0. The Balaban J connectivity index is 1.38. The van der Waals surface area contributed by atoms with E-state index in [-0.39, 0.29) is 17.9 Å². The number of nitrogens with one attached hydrogen (secondary N) is 2. The summed E-state index contributed by atoms with van der Waals surface area (Å²) in [6.45, 7) is 4.84. The van der Waals surface area contributed by atoms with Crippen molar-refractivity contribution < 1.29 is 29.0 Å². The molecular formula is C26H32N2O6. The quantitative estimate of drug-likeness (QED) is 0.459. The van der Waals surface area contributed by atoms with Crippen molar-refractivity contribution >= 4 is 17.8 Å². The molecule has 1 fully saturated rings. The molecule has 2 aromatic rings. The zero-order valence-electron chi connectivity index (χ0n) is 19.6. The van der Waals surface area contributed by atoms with Gasteiger partial charge in [-0.2, -0.15) is 0 Å². The average molecular weight is 469 g/mol. The van der Waals surface area contributed by atoms with Gasteiger partial charge in [-0.05, 0) is 88.1 Å². The van der Waals surface area contributed by atoms with Gasteiger partial charge in [-0.15, -0.1) is 0 Å². The van der Waals surface area contributed by atoms with E-state index < -0.39 is 11.4 Å². The number of carbonyl (C=O) groups is 3. The summed E-state index contributed by atoms with van der Waals surface area (Å²) in [6.07, 6.45) is 2.53. The SMILES string of the molecule is CCOc1ccc(C(=O)NCCNC(=O)c2ccc(O[C@H]3CC[C@](C)(C(=O)O)CC3)cc2)cc1. The molecule has 3 N–H and O–H groups in total. The summed E-state index contributed by atoms with van der Waals surface area (Å²) >= 11 is 0. The van der Waals surface area contributed by atoms with Crippen LogP contribution in [0.3, 0.4) is 0 Å². The maximum atomic E-state index is 12.4. The first-order valence-corrected chi connectivity index (χ1v) is 11.6. The largest absolute Gasteiger partial charge is 0.494 e. The summed E-state index contributed by atoms with van der Waals surface area (Å²) in [5.41, 5.74) is 0.346. The van der Waals surface area contributed by atoms with Crippen LogP contribution in [0.4, 0.5) is 0 Å². The van der Waals surface area contributed by atoms with Crippen LogP contribution in [0.1, 0.15) is 60.2 Å². The number of hydrogen-bond acceptors (Lipinski definition) is 5. The lowest BCUT2D eigenvalue weighted by atomic mass is 9.75. The number of aliphatic carboxylic acids is 1. The topological polar surface area (TPSA) is 114 Å². The molecule has 1 aliphatic rings. The van der Waals surface area contributed by atoms with E-state index in [4.69, 9.17) is 9.47 Å². The van der Waals surface area contributed by atoms with Gasteiger partial charge in [0.2, 0.25) is 0 Å². The van der Waals surface area contributed by atoms with Crippen LogP contribution in [-0.4, -0.2) is 48.7 Å². The smallest absolute Gasteiger partial charge is 0.309 e. The molecule has 0 saturated heterocycles. The molecular weight excluding hydrogens is 436 g/mol. The standard InChI is InChI=1S/C26H32N2O6/c1-3-33-20-8-4-18(5-9-20)23(29)27-16-17-28-24(30)19-6-10-21(11-7-19)34-22-12-14-26(2,15-13-22)25(31)32/h4-11,22H,3,12-17H2,1-2H3,(H,27,29)(H,28,30)(H,31,32)/t22-,26-. The van der Waals surface area contributed by atoms with Crippen molar-refractivity contribution in [3.63, 3.8) is 0 Å². The van der Waals surface area contributed by atoms with E-state index in [0.717, 1.165) is 0 Å². The number of benzene rings is 2. The van der Waals surface area contributed by atoms with E-state index in [0.29, 0.717) is 68.0 Å². The van der Waals surface area contributed by atoms with E-state index in [1.165, 1.54) is 0 Å². The minimum Gasteiger partial charge on any atom is -0.494 e. The molecule has 1 aliphatic carbocycles. The Morgan fingerprint density at radius 3 is 1.79 bits per heavy atom. The summed E-state index contributed by atoms with van der Waals surface area (Å²) in [5.74, 6) is 0.157. The molecule has 0 radical (unpaired) electrons. The Kier molecular flexibility index (Phi) is 8.51. The number of ether oxygens (including phenoxy) is 2. The van der Waals surface area contributed by atoms with Crippen LogP contribution in [0.15, 0.2) is 48.5 Å². The normalized spacial score (nSPS) is 19.6. The minimum absolute atomic E-state index is 0.0221. The van der Waals surface area contributed by atoms with Crippen molar-refractivity contribution in [1.29, 1.82) is 0 Å². The van der Waals surface area contributed by atoms with E-state index in [2.05, 4.69) is 10.6 Å². The van der Waals surface area contributed by atoms with Crippen molar-refractivity contribution in [2.24, 2.45) is 5.41 Å². The second kappa shape index (κ2) is 11.5. The van der Waals surface area contributed by atoms with Crippen LogP contribution in [0.25, 0.3) is 0 Å². The fourth-order valence-corrected chi connectivity index (χ4v) is 3.86. The predicted octanol–water partition coefficient (Wildman–Crippen LogP) is 3.66. The average Bonchev–Trinajstić information content (AvgIpc) is 2.84. The van der Waals surface area contributed by atoms with Crippen molar-refractivity contribution in [2.45, 2.75) is 45.6 Å². The second-order valence-electron chi connectivity index (χ2n) is 8.68. The summed E-state index contributed by atoms with van der Waals surface area (Å²) in [4.78, 5) is 35.9. The van der Waals surface area contributed by atoms with Crippen LogP contribution in [0.2, 0.25) is 0 Å². The Bertz CT molecular complexity index is 979. The molecule has 182 valence electrons. The highest BCUT2D eigenvalue weighted by Gasteiger charge is 2.38. The zero-order valence-corrected chi connectivity index (χ0v) is 19.6. The van der Waals surface area contributed by atoms with Gasteiger partial charge < -0.3 is 25.2 Å². The molecule has 3 rings (SSSR count). The monoisotopic (exact) mass is 468 g/mol. The highest BCUT2D eigenvalue weighted by atomic mass is 16.5.